The predicted molar refractivity (Wildman–Crippen MR) is 215 cm³/mol. The molecule has 276 valence electrons. The largest absolute Gasteiger partial charge is 0.383 e. The normalized spacial score (nSPS) is 11.7. The molecule has 0 atom stereocenters. The lowest BCUT2D eigenvalue weighted by Gasteiger charge is -2.24. The Balaban J connectivity index is 0.000000251. The van der Waals surface area contributed by atoms with Gasteiger partial charge in [-0.15, -0.1) is 46.2 Å². The number of thiophene rings is 2. The molecule has 0 radical (unpaired) electrons. The summed E-state index contributed by atoms with van der Waals surface area (Å²) in [6.07, 6.45) is 3.55. The van der Waals surface area contributed by atoms with Crippen molar-refractivity contribution in [2.24, 2.45) is 11.5 Å². The van der Waals surface area contributed by atoms with Gasteiger partial charge in [0.05, 0.1) is 44.2 Å². The van der Waals surface area contributed by atoms with Gasteiger partial charge in [-0.25, -0.2) is 25.3 Å². The molecule has 0 aliphatic heterocycles. The number of aryl methyl sites for hydroxylation is 3. The maximum absolute atomic E-state index is 13.7. The van der Waals surface area contributed by atoms with Gasteiger partial charge in [0, 0.05) is 0 Å². The van der Waals surface area contributed by atoms with Crippen molar-refractivity contribution < 1.29 is 25.3 Å². The number of nitrogen functional groups attached to an aromatic ring is 2. The van der Waals surface area contributed by atoms with Crippen molar-refractivity contribution in [3.8, 4) is 0 Å². The lowest BCUT2D eigenvalue weighted by Crippen LogP contribution is -2.37. The summed E-state index contributed by atoms with van der Waals surface area (Å²) in [5.74, 6) is -0.344. The lowest BCUT2D eigenvalue weighted by atomic mass is 10.2. The van der Waals surface area contributed by atoms with Gasteiger partial charge in [-0.2, -0.15) is 3.71 Å². The van der Waals surface area contributed by atoms with Gasteiger partial charge >= 0.3 is 0 Å². The number of hydrogen-bond donors (Lipinski definition) is 5. The lowest BCUT2D eigenvalue weighted by molar-refractivity contribution is 0.583. The highest BCUT2D eigenvalue weighted by Crippen LogP contribution is 2.42. The molecule has 52 heavy (non-hydrogen) atoms. The Bertz CT molecular complexity index is 2400. The van der Waals surface area contributed by atoms with E-state index in [0.717, 1.165) is 21.1 Å². The van der Waals surface area contributed by atoms with Gasteiger partial charge in [-0.05, 0) is 98.5 Å². The number of nitrogens with two attached hydrogens (primary N) is 2. The van der Waals surface area contributed by atoms with Crippen LogP contribution in [0.5, 0.6) is 0 Å². The van der Waals surface area contributed by atoms with Crippen molar-refractivity contribution in [2.45, 2.75) is 43.9 Å². The van der Waals surface area contributed by atoms with E-state index in [1.165, 1.54) is 65.2 Å². The van der Waals surface area contributed by atoms with E-state index in [4.69, 9.17) is 22.3 Å². The van der Waals surface area contributed by atoms with Gasteiger partial charge in [0.15, 0.2) is 0 Å². The van der Waals surface area contributed by atoms with Crippen LogP contribution in [-0.2, 0) is 30.1 Å². The summed E-state index contributed by atoms with van der Waals surface area (Å²) < 4.78 is 83.8. The summed E-state index contributed by atoms with van der Waals surface area (Å²) in [5, 5.41) is 15.2. The summed E-state index contributed by atoms with van der Waals surface area (Å²) in [6.45, 7) is 5.29. The quantitative estimate of drug-likeness (QED) is 0.0502. The minimum Gasteiger partial charge on any atom is -0.383 e. The van der Waals surface area contributed by atoms with Crippen LogP contribution in [0, 0.1) is 31.6 Å². The Kier molecular flexibility index (Phi) is 12.9. The molecule has 0 fully saturated rings. The molecule has 0 aliphatic rings. The number of anilines is 2. The highest BCUT2D eigenvalue weighted by molar-refractivity contribution is 8.10. The molecule has 5 aromatic rings. The number of rotatable bonds is 12. The Morgan fingerprint density at radius 1 is 0.635 bits per heavy atom. The van der Waals surface area contributed by atoms with Gasteiger partial charge in [-0.3, -0.25) is 15.5 Å². The van der Waals surface area contributed by atoms with E-state index in [-0.39, 0.29) is 36.9 Å². The number of hydrogen-bond acceptors (Lipinski definition) is 12. The minimum absolute atomic E-state index is 0.0503. The molecule has 19 heteroatoms. The smallest absolute Gasteiger partial charge is 0.277 e. The number of nitrogens with zero attached hydrogens (tertiary/aromatic N) is 1. The van der Waals surface area contributed by atoms with Gasteiger partial charge in [0.25, 0.3) is 30.1 Å². The summed E-state index contributed by atoms with van der Waals surface area (Å²) in [5.41, 5.74) is 13.7. The Morgan fingerprint density at radius 3 is 1.46 bits per heavy atom. The molecule has 2 aromatic heterocycles. The highest BCUT2D eigenvalue weighted by atomic mass is 32.3. The Hall–Kier alpha value is -3.85. The number of thioether (sulfide) groups is 2. The van der Waals surface area contributed by atoms with Crippen LogP contribution in [0.1, 0.15) is 26.4 Å². The summed E-state index contributed by atoms with van der Waals surface area (Å²) >= 11 is 4.96. The second kappa shape index (κ2) is 16.4. The van der Waals surface area contributed by atoms with Crippen LogP contribution in [0.4, 0.5) is 11.4 Å². The van der Waals surface area contributed by atoms with Crippen LogP contribution in [0.15, 0.2) is 108 Å². The van der Waals surface area contributed by atoms with Gasteiger partial charge in [0.1, 0.15) is 11.7 Å². The fourth-order valence-corrected chi connectivity index (χ4v) is 13.4. The third-order valence-corrected chi connectivity index (χ3v) is 17.1. The highest BCUT2D eigenvalue weighted by Gasteiger charge is 2.39. The van der Waals surface area contributed by atoms with E-state index in [1.54, 1.807) is 68.6 Å². The monoisotopic (exact) mass is 836 g/mol. The molecule has 5 rings (SSSR count). The number of nitrogens with one attached hydrogen (secondary N) is 3. The maximum Gasteiger partial charge on any atom is 0.277 e. The van der Waals surface area contributed by atoms with Crippen LogP contribution >= 0.6 is 46.2 Å². The Morgan fingerprint density at radius 2 is 1.04 bits per heavy atom. The van der Waals surface area contributed by atoms with Gasteiger partial charge in [0.2, 0.25) is 0 Å². The van der Waals surface area contributed by atoms with E-state index in [2.05, 4.69) is 4.72 Å². The summed E-state index contributed by atoms with van der Waals surface area (Å²) in [7, 11) is -12.7. The van der Waals surface area contributed by atoms with Crippen LogP contribution in [-0.4, -0.2) is 49.4 Å². The molecule has 0 aliphatic carbocycles. The van der Waals surface area contributed by atoms with Crippen LogP contribution < -0.4 is 19.9 Å². The minimum atomic E-state index is -4.51. The van der Waals surface area contributed by atoms with E-state index in [9.17, 15) is 25.3 Å². The summed E-state index contributed by atoms with van der Waals surface area (Å²) in [6, 6.07) is 21.8. The molecule has 2 heterocycles. The maximum atomic E-state index is 13.7. The van der Waals surface area contributed by atoms with Crippen LogP contribution in [0.25, 0.3) is 0 Å². The fraction of sp³-hybridized carbons (Fsp3) is 0.152. The number of benzene rings is 3. The van der Waals surface area contributed by atoms with E-state index in [1.807, 2.05) is 19.2 Å². The molecule has 12 nitrogen and oxygen atoms in total. The molecule has 7 N–H and O–H groups in total. The zero-order valence-electron chi connectivity index (χ0n) is 28.5. The molecule has 0 saturated heterocycles. The molecular weight excluding hydrogens is 801 g/mol. The van der Waals surface area contributed by atoms with Crippen molar-refractivity contribution in [3.63, 3.8) is 0 Å². The zero-order chi connectivity index (χ0) is 38.6. The topological polar surface area (TPSA) is 217 Å². The predicted octanol–water partition coefficient (Wildman–Crippen LogP) is 6.82. The molecule has 0 spiro atoms. The number of amidine groups is 2. The molecule has 3 aromatic carbocycles. The van der Waals surface area contributed by atoms with Crippen molar-refractivity contribution >= 4 is 99.3 Å². The summed E-state index contributed by atoms with van der Waals surface area (Å²) in [4.78, 5) is 0.743. The van der Waals surface area contributed by atoms with E-state index < -0.39 is 30.1 Å². The molecule has 0 unspecified atom stereocenters. The van der Waals surface area contributed by atoms with Crippen molar-refractivity contribution in [2.75, 3.05) is 20.9 Å². The molecule has 0 saturated carbocycles. The van der Waals surface area contributed by atoms with Gasteiger partial charge < -0.3 is 11.5 Å². The first-order chi connectivity index (χ1) is 24.3. The second-order valence-corrected chi connectivity index (χ2v) is 20.8. The second-order valence-electron chi connectivity index (χ2n) is 11.1. The number of sulfonamides is 3. The Labute approximate surface area is 320 Å². The zero-order valence-corrected chi connectivity index (χ0v) is 34.2. The van der Waals surface area contributed by atoms with E-state index >= 15 is 0 Å². The van der Waals surface area contributed by atoms with E-state index in [0.29, 0.717) is 29.6 Å². The third-order valence-electron chi connectivity index (χ3n) is 7.03. The van der Waals surface area contributed by atoms with Crippen molar-refractivity contribution in [3.05, 3.63) is 111 Å². The fourth-order valence-electron chi connectivity index (χ4n) is 4.62. The first-order valence-electron chi connectivity index (χ1n) is 14.9. The average Bonchev–Trinajstić information content (AvgIpc) is 3.69. The SMILES string of the molecule is CSc1sc(C(=N)N)cc1N(S(=O)(=O)c1cccc(C)c1)S(=O)(=O)c1cccc(C)c1.CSc1sc(C(=N)N)cc1NS(=O)(=O)c1cccc(C)c1. The standard InChI is InChI=1S/C20H21N3O4S4.C13H15N3O2S3/c1-13-6-4-8-15(10-13)30(24,25)23(17-12-18(19(21)22)29-20(17)28-3)31(26,27)16-9-5-7-14(2)11-16;1-8-4-3-5-9(6-8)21(17,18)16-10-7-11(12(14)15)20-13(10)19-2/h4-12H,1-3H3,(H3,21,22);3-7,16H,1-2H3,(H3,14,15). The first kappa shape index (κ1) is 40.9. The molecular formula is C33H36N6O6S7. The third kappa shape index (κ3) is 9.20. The molecule has 0 amide bonds. The molecule has 0 bridgehead atoms. The average molecular weight is 837 g/mol. The van der Waals surface area contributed by atoms with Crippen molar-refractivity contribution in [1.29, 1.82) is 10.8 Å². The van der Waals surface area contributed by atoms with Crippen LogP contribution in [0.3, 0.4) is 0 Å². The van der Waals surface area contributed by atoms with Crippen molar-refractivity contribution in [1.82, 2.24) is 0 Å². The van der Waals surface area contributed by atoms with Crippen LogP contribution in [0.2, 0.25) is 0 Å². The first-order valence-corrected chi connectivity index (χ1v) is 23.3. The van der Waals surface area contributed by atoms with Gasteiger partial charge in [-0.1, -0.05) is 36.4 Å².